The number of hydrogen-bond acceptors (Lipinski definition) is 6. The maximum absolute atomic E-state index is 12.6. The van der Waals surface area contributed by atoms with E-state index in [0.717, 1.165) is 36.9 Å². The van der Waals surface area contributed by atoms with E-state index in [2.05, 4.69) is 31.4 Å². The molecule has 3 heterocycles. The van der Waals surface area contributed by atoms with Gasteiger partial charge in [-0.25, -0.2) is 13.1 Å². The van der Waals surface area contributed by atoms with Crippen LogP contribution in [-0.4, -0.2) is 38.1 Å². The van der Waals surface area contributed by atoms with Crippen molar-refractivity contribution in [1.82, 2.24) is 14.8 Å². The van der Waals surface area contributed by atoms with Crippen LogP contribution in [-0.2, 0) is 29.2 Å². The monoisotopic (exact) mass is 457 g/mol. The summed E-state index contributed by atoms with van der Waals surface area (Å²) in [6, 6.07) is 11.7. The molecule has 1 aromatic carbocycles. The molecule has 1 aliphatic heterocycles. The van der Waals surface area contributed by atoms with Crippen molar-refractivity contribution in [2.24, 2.45) is 0 Å². The molecule has 160 valence electrons. The van der Waals surface area contributed by atoms with Gasteiger partial charge in [0, 0.05) is 32.2 Å². The molecule has 0 aliphatic carbocycles. The zero-order valence-electron chi connectivity index (χ0n) is 15.6. The van der Waals surface area contributed by atoms with Crippen LogP contribution in [0, 0.1) is 0 Å². The van der Waals surface area contributed by atoms with Crippen LogP contribution >= 0.6 is 11.3 Å². The minimum Gasteiger partial charge on any atom is -0.351 e. The van der Waals surface area contributed by atoms with Crippen LogP contribution in [0.1, 0.15) is 16.9 Å². The van der Waals surface area contributed by atoms with Crippen molar-refractivity contribution in [3.8, 4) is 10.6 Å². The van der Waals surface area contributed by atoms with Crippen LogP contribution in [0.2, 0.25) is 0 Å². The summed E-state index contributed by atoms with van der Waals surface area (Å²) in [5.74, 6) is -1.23. The molecular formula is C19H18F3N3O3S2. The summed E-state index contributed by atoms with van der Waals surface area (Å²) >= 11 is 0.840. The number of rotatable bonds is 6. The molecular weight excluding hydrogens is 439 g/mol. The molecule has 11 heteroatoms. The first-order valence-corrected chi connectivity index (χ1v) is 11.5. The number of aromatic nitrogens is 1. The summed E-state index contributed by atoms with van der Waals surface area (Å²) in [5.41, 5.74) is 2.52. The lowest BCUT2D eigenvalue weighted by molar-refractivity contribution is -0.155. The van der Waals surface area contributed by atoms with E-state index in [4.69, 9.17) is 0 Å². The van der Waals surface area contributed by atoms with E-state index < -0.39 is 22.0 Å². The van der Waals surface area contributed by atoms with Gasteiger partial charge in [-0.1, -0.05) is 29.4 Å². The van der Waals surface area contributed by atoms with E-state index >= 15 is 0 Å². The van der Waals surface area contributed by atoms with Crippen molar-refractivity contribution >= 4 is 21.4 Å². The van der Waals surface area contributed by atoms with Gasteiger partial charge in [-0.05, 0) is 29.7 Å². The number of nitrogens with zero attached hydrogens (tertiary/aromatic N) is 2. The van der Waals surface area contributed by atoms with Crippen LogP contribution in [0.3, 0.4) is 0 Å². The summed E-state index contributed by atoms with van der Waals surface area (Å²) in [6.45, 7) is 2.42. The molecule has 0 saturated carbocycles. The standard InChI is InChI=1S/C19H18F3N3O3S2/c20-19(21,22)17-11-15(24-28-17)16-5-6-18(29-16)30(26,27)23-8-10-25-9-7-13-3-1-2-4-14(13)12-25/h1-6,11,23H,7-10,12H2. The number of benzene rings is 1. The molecule has 0 spiro atoms. The summed E-state index contributed by atoms with van der Waals surface area (Å²) < 4.78 is 69.9. The molecule has 0 bridgehead atoms. The first kappa shape index (κ1) is 21.0. The first-order valence-electron chi connectivity index (χ1n) is 9.15. The van der Waals surface area contributed by atoms with Gasteiger partial charge in [0.25, 0.3) is 0 Å². The van der Waals surface area contributed by atoms with Gasteiger partial charge in [-0.2, -0.15) is 13.2 Å². The van der Waals surface area contributed by atoms with Crippen molar-refractivity contribution in [3.05, 3.63) is 59.4 Å². The van der Waals surface area contributed by atoms with E-state index in [1.165, 1.54) is 23.3 Å². The van der Waals surface area contributed by atoms with Crippen molar-refractivity contribution in [2.45, 2.75) is 23.4 Å². The summed E-state index contributed by atoms with van der Waals surface area (Å²) in [4.78, 5) is 2.46. The Bertz CT molecular complexity index is 1140. The maximum Gasteiger partial charge on any atom is 0.452 e. The fourth-order valence-electron chi connectivity index (χ4n) is 3.28. The van der Waals surface area contributed by atoms with Gasteiger partial charge in [0.15, 0.2) is 0 Å². The minimum absolute atomic E-state index is 0.0121. The highest BCUT2D eigenvalue weighted by Gasteiger charge is 2.36. The average molecular weight is 457 g/mol. The van der Waals surface area contributed by atoms with E-state index in [0.29, 0.717) is 6.54 Å². The number of nitrogens with one attached hydrogen (secondary N) is 1. The van der Waals surface area contributed by atoms with Gasteiger partial charge in [0.05, 0.1) is 4.88 Å². The topological polar surface area (TPSA) is 75.4 Å². The molecule has 0 atom stereocenters. The van der Waals surface area contributed by atoms with Gasteiger partial charge in [0.2, 0.25) is 15.8 Å². The molecule has 0 saturated heterocycles. The van der Waals surface area contributed by atoms with Crippen molar-refractivity contribution < 1.29 is 26.1 Å². The summed E-state index contributed by atoms with van der Waals surface area (Å²) in [6.07, 6.45) is -3.72. The summed E-state index contributed by atoms with van der Waals surface area (Å²) in [5, 5.41) is 3.38. The molecule has 6 nitrogen and oxygen atoms in total. The minimum atomic E-state index is -4.64. The van der Waals surface area contributed by atoms with Crippen LogP contribution in [0.25, 0.3) is 10.6 Å². The molecule has 3 aromatic rings. The number of halogens is 3. The highest BCUT2D eigenvalue weighted by Crippen LogP contribution is 2.35. The van der Waals surface area contributed by atoms with E-state index in [9.17, 15) is 21.6 Å². The van der Waals surface area contributed by atoms with Gasteiger partial charge in [-0.15, -0.1) is 11.3 Å². The molecule has 1 aliphatic rings. The van der Waals surface area contributed by atoms with Crippen LogP contribution in [0.4, 0.5) is 13.2 Å². The van der Waals surface area contributed by atoms with Crippen molar-refractivity contribution in [2.75, 3.05) is 19.6 Å². The second-order valence-electron chi connectivity index (χ2n) is 6.89. The number of fused-ring (bicyclic) bond motifs is 1. The quantitative estimate of drug-likeness (QED) is 0.610. The molecule has 1 N–H and O–H groups in total. The van der Waals surface area contributed by atoms with Crippen LogP contribution in [0.5, 0.6) is 0 Å². The third kappa shape index (κ3) is 4.59. The Kier molecular flexibility index (Phi) is 5.71. The Hall–Kier alpha value is -2.21. The average Bonchev–Trinajstić information content (AvgIpc) is 3.37. The second-order valence-corrected chi connectivity index (χ2v) is 9.96. The number of alkyl halides is 3. The molecule has 0 amide bonds. The molecule has 30 heavy (non-hydrogen) atoms. The smallest absolute Gasteiger partial charge is 0.351 e. The van der Waals surface area contributed by atoms with Gasteiger partial charge < -0.3 is 4.52 Å². The van der Waals surface area contributed by atoms with Crippen molar-refractivity contribution in [3.63, 3.8) is 0 Å². The second kappa shape index (κ2) is 8.14. The number of sulfonamides is 1. The van der Waals surface area contributed by atoms with E-state index in [-0.39, 0.29) is 21.3 Å². The Morgan fingerprint density at radius 2 is 1.93 bits per heavy atom. The highest BCUT2D eigenvalue weighted by atomic mass is 32.2. The maximum atomic E-state index is 12.6. The predicted octanol–water partition coefficient (Wildman–Crippen LogP) is 3.76. The third-order valence-electron chi connectivity index (χ3n) is 4.82. The van der Waals surface area contributed by atoms with Crippen molar-refractivity contribution in [1.29, 1.82) is 0 Å². The first-order chi connectivity index (χ1) is 14.2. The van der Waals surface area contributed by atoms with E-state index in [1.807, 2.05) is 12.1 Å². The predicted molar refractivity (Wildman–Crippen MR) is 105 cm³/mol. The van der Waals surface area contributed by atoms with Gasteiger partial charge in [-0.3, -0.25) is 4.90 Å². The molecule has 0 fully saturated rings. The number of thiophene rings is 1. The molecule has 0 radical (unpaired) electrons. The Balaban J connectivity index is 1.36. The fraction of sp³-hybridized carbons (Fsp3) is 0.316. The summed E-state index contributed by atoms with van der Waals surface area (Å²) in [7, 11) is -3.77. The van der Waals surface area contributed by atoms with Gasteiger partial charge in [0.1, 0.15) is 9.90 Å². The normalized spacial score (nSPS) is 15.3. The van der Waals surface area contributed by atoms with E-state index in [1.54, 1.807) is 0 Å². The molecule has 4 rings (SSSR count). The number of hydrogen-bond donors (Lipinski definition) is 1. The largest absolute Gasteiger partial charge is 0.452 e. The fourth-order valence-corrected chi connectivity index (χ4v) is 5.61. The third-order valence-corrected chi connectivity index (χ3v) is 7.88. The Morgan fingerprint density at radius 3 is 2.67 bits per heavy atom. The highest BCUT2D eigenvalue weighted by molar-refractivity contribution is 7.91. The lowest BCUT2D eigenvalue weighted by Crippen LogP contribution is -2.37. The molecule has 2 aromatic heterocycles. The Morgan fingerprint density at radius 1 is 1.17 bits per heavy atom. The van der Waals surface area contributed by atoms with Crippen LogP contribution < -0.4 is 4.72 Å². The Labute approximate surface area is 175 Å². The zero-order chi connectivity index (χ0) is 21.4. The lowest BCUT2D eigenvalue weighted by atomic mass is 10.0. The SMILES string of the molecule is O=S(=O)(NCCN1CCc2ccccc2C1)c1ccc(-c2cc(C(F)(F)F)on2)s1. The zero-order valence-corrected chi connectivity index (χ0v) is 17.3. The molecule has 0 unspecified atom stereocenters. The lowest BCUT2D eigenvalue weighted by Gasteiger charge is -2.28. The van der Waals surface area contributed by atoms with Gasteiger partial charge >= 0.3 is 6.18 Å². The van der Waals surface area contributed by atoms with Crippen LogP contribution in [0.15, 0.2) is 51.2 Å².